The SMILES string of the molecule is O=C(Nc1ccccc1)N(Cc1ccncc1)C1CC1. The molecule has 1 saturated carbocycles. The highest BCUT2D eigenvalue weighted by Gasteiger charge is 2.32. The zero-order valence-corrected chi connectivity index (χ0v) is 11.2. The van der Waals surface area contributed by atoms with Crippen LogP contribution in [0.5, 0.6) is 0 Å². The lowest BCUT2D eigenvalue weighted by atomic mass is 10.2. The molecular weight excluding hydrogens is 250 g/mol. The third-order valence-corrected chi connectivity index (χ3v) is 3.38. The molecule has 1 aliphatic carbocycles. The Bertz CT molecular complexity index is 567. The monoisotopic (exact) mass is 267 g/mol. The van der Waals surface area contributed by atoms with Crippen molar-refractivity contribution >= 4 is 11.7 Å². The molecule has 1 aromatic carbocycles. The van der Waals surface area contributed by atoms with E-state index in [0.29, 0.717) is 12.6 Å². The molecule has 1 N–H and O–H groups in total. The van der Waals surface area contributed by atoms with Gasteiger partial charge in [0, 0.05) is 30.7 Å². The molecule has 1 aromatic heterocycles. The maximum absolute atomic E-state index is 12.4. The summed E-state index contributed by atoms with van der Waals surface area (Å²) in [6.07, 6.45) is 5.70. The maximum Gasteiger partial charge on any atom is 0.322 e. The fourth-order valence-electron chi connectivity index (χ4n) is 2.15. The highest BCUT2D eigenvalue weighted by Crippen LogP contribution is 2.29. The molecule has 1 aliphatic rings. The fraction of sp³-hybridized carbons (Fsp3) is 0.250. The summed E-state index contributed by atoms with van der Waals surface area (Å²) in [6.45, 7) is 0.631. The van der Waals surface area contributed by atoms with E-state index in [-0.39, 0.29) is 6.03 Å². The van der Waals surface area contributed by atoms with Gasteiger partial charge in [-0.2, -0.15) is 0 Å². The Morgan fingerprint density at radius 2 is 1.85 bits per heavy atom. The summed E-state index contributed by atoms with van der Waals surface area (Å²) in [5.74, 6) is 0. The number of rotatable bonds is 4. The Morgan fingerprint density at radius 1 is 1.15 bits per heavy atom. The van der Waals surface area contributed by atoms with Gasteiger partial charge < -0.3 is 10.2 Å². The molecule has 2 aromatic rings. The van der Waals surface area contributed by atoms with Crippen LogP contribution in [0.4, 0.5) is 10.5 Å². The first-order chi connectivity index (χ1) is 9.83. The lowest BCUT2D eigenvalue weighted by molar-refractivity contribution is 0.206. The zero-order valence-electron chi connectivity index (χ0n) is 11.2. The van der Waals surface area contributed by atoms with Crippen molar-refractivity contribution in [2.24, 2.45) is 0 Å². The number of carbonyl (C=O) groups excluding carboxylic acids is 1. The second-order valence-electron chi connectivity index (χ2n) is 5.01. The van der Waals surface area contributed by atoms with Gasteiger partial charge in [0.1, 0.15) is 0 Å². The van der Waals surface area contributed by atoms with Crippen molar-refractivity contribution in [2.45, 2.75) is 25.4 Å². The molecule has 0 aliphatic heterocycles. The lowest BCUT2D eigenvalue weighted by Crippen LogP contribution is -2.36. The Labute approximate surface area is 118 Å². The van der Waals surface area contributed by atoms with E-state index in [1.165, 1.54) is 0 Å². The van der Waals surface area contributed by atoms with Crippen molar-refractivity contribution in [3.05, 3.63) is 60.4 Å². The van der Waals surface area contributed by atoms with E-state index in [2.05, 4.69) is 10.3 Å². The minimum Gasteiger partial charge on any atom is -0.317 e. The summed E-state index contributed by atoms with van der Waals surface area (Å²) in [7, 11) is 0. The van der Waals surface area contributed by atoms with Gasteiger partial charge in [-0.25, -0.2) is 4.79 Å². The van der Waals surface area contributed by atoms with Crippen LogP contribution in [-0.4, -0.2) is 22.0 Å². The minimum atomic E-state index is -0.0319. The first kappa shape index (κ1) is 12.7. The first-order valence-corrected chi connectivity index (χ1v) is 6.84. The van der Waals surface area contributed by atoms with E-state index >= 15 is 0 Å². The predicted molar refractivity (Wildman–Crippen MR) is 78.3 cm³/mol. The van der Waals surface area contributed by atoms with Crippen molar-refractivity contribution in [1.82, 2.24) is 9.88 Å². The summed E-state index contributed by atoms with van der Waals surface area (Å²) in [6, 6.07) is 13.8. The van der Waals surface area contributed by atoms with Crippen molar-refractivity contribution < 1.29 is 4.79 Å². The van der Waals surface area contributed by atoms with Crippen molar-refractivity contribution in [3.63, 3.8) is 0 Å². The maximum atomic E-state index is 12.4. The summed E-state index contributed by atoms with van der Waals surface area (Å²) >= 11 is 0. The van der Waals surface area contributed by atoms with Crippen LogP contribution in [0.15, 0.2) is 54.9 Å². The normalized spacial score (nSPS) is 13.8. The molecule has 20 heavy (non-hydrogen) atoms. The van der Waals surface area contributed by atoms with Gasteiger partial charge in [0.25, 0.3) is 0 Å². The molecule has 0 radical (unpaired) electrons. The number of para-hydroxylation sites is 1. The van der Waals surface area contributed by atoms with Gasteiger partial charge in [0.2, 0.25) is 0 Å². The van der Waals surface area contributed by atoms with Crippen molar-refractivity contribution in [1.29, 1.82) is 0 Å². The molecule has 0 bridgehead atoms. The van der Waals surface area contributed by atoms with E-state index in [1.807, 2.05) is 47.4 Å². The quantitative estimate of drug-likeness (QED) is 0.924. The minimum absolute atomic E-state index is 0.0319. The van der Waals surface area contributed by atoms with E-state index in [4.69, 9.17) is 0 Å². The third kappa shape index (κ3) is 3.15. The highest BCUT2D eigenvalue weighted by molar-refractivity contribution is 5.89. The molecule has 0 unspecified atom stereocenters. The van der Waals surface area contributed by atoms with E-state index < -0.39 is 0 Å². The molecule has 4 nitrogen and oxygen atoms in total. The molecule has 3 rings (SSSR count). The number of nitrogens with one attached hydrogen (secondary N) is 1. The van der Waals surface area contributed by atoms with Crippen LogP contribution < -0.4 is 5.32 Å². The summed E-state index contributed by atoms with van der Waals surface area (Å²) in [4.78, 5) is 18.3. The molecule has 1 heterocycles. The molecular formula is C16H17N3O. The first-order valence-electron chi connectivity index (χ1n) is 6.84. The molecule has 4 heteroatoms. The van der Waals surface area contributed by atoms with Crippen LogP contribution in [0.3, 0.4) is 0 Å². The second kappa shape index (κ2) is 5.74. The van der Waals surface area contributed by atoms with Crippen molar-refractivity contribution in [2.75, 3.05) is 5.32 Å². The average molecular weight is 267 g/mol. The van der Waals surface area contributed by atoms with Gasteiger partial charge in [0.05, 0.1) is 0 Å². The average Bonchev–Trinajstić information content (AvgIpc) is 3.31. The van der Waals surface area contributed by atoms with Crippen molar-refractivity contribution in [3.8, 4) is 0 Å². The van der Waals surface area contributed by atoms with Crippen LogP contribution >= 0.6 is 0 Å². The second-order valence-corrected chi connectivity index (χ2v) is 5.01. The van der Waals surface area contributed by atoms with Gasteiger partial charge >= 0.3 is 6.03 Å². The Kier molecular flexibility index (Phi) is 3.63. The number of amides is 2. The Balaban J connectivity index is 1.69. The Morgan fingerprint density at radius 3 is 2.50 bits per heavy atom. The third-order valence-electron chi connectivity index (χ3n) is 3.38. The van der Waals surface area contributed by atoms with Gasteiger partial charge in [-0.15, -0.1) is 0 Å². The number of pyridine rings is 1. The number of urea groups is 1. The summed E-state index contributed by atoms with van der Waals surface area (Å²) < 4.78 is 0. The molecule has 1 fully saturated rings. The topological polar surface area (TPSA) is 45.2 Å². The number of anilines is 1. The number of carbonyl (C=O) groups is 1. The number of hydrogen-bond donors (Lipinski definition) is 1. The molecule has 0 saturated heterocycles. The smallest absolute Gasteiger partial charge is 0.317 e. The van der Waals surface area contributed by atoms with Gasteiger partial charge in [-0.05, 0) is 42.7 Å². The zero-order chi connectivity index (χ0) is 13.8. The van der Waals surface area contributed by atoms with E-state index in [1.54, 1.807) is 12.4 Å². The van der Waals surface area contributed by atoms with Crippen LogP contribution in [0.25, 0.3) is 0 Å². The number of hydrogen-bond acceptors (Lipinski definition) is 2. The lowest BCUT2D eigenvalue weighted by Gasteiger charge is -2.23. The van der Waals surface area contributed by atoms with Gasteiger partial charge in [-0.1, -0.05) is 18.2 Å². The molecule has 0 spiro atoms. The van der Waals surface area contributed by atoms with Crippen LogP contribution in [-0.2, 0) is 6.54 Å². The fourth-order valence-corrected chi connectivity index (χ4v) is 2.15. The number of aromatic nitrogens is 1. The summed E-state index contributed by atoms with van der Waals surface area (Å²) in [5, 5.41) is 2.95. The van der Waals surface area contributed by atoms with E-state index in [9.17, 15) is 4.79 Å². The number of benzene rings is 1. The predicted octanol–water partition coefficient (Wildman–Crippen LogP) is 3.28. The summed E-state index contributed by atoms with van der Waals surface area (Å²) in [5.41, 5.74) is 1.94. The number of nitrogens with zero attached hydrogens (tertiary/aromatic N) is 2. The molecule has 2 amide bonds. The van der Waals surface area contributed by atoms with Gasteiger partial charge in [-0.3, -0.25) is 4.98 Å². The highest BCUT2D eigenvalue weighted by atomic mass is 16.2. The van der Waals surface area contributed by atoms with Crippen LogP contribution in [0.2, 0.25) is 0 Å². The van der Waals surface area contributed by atoms with Gasteiger partial charge in [0.15, 0.2) is 0 Å². The largest absolute Gasteiger partial charge is 0.322 e. The molecule has 102 valence electrons. The molecule has 0 atom stereocenters. The standard InChI is InChI=1S/C16H17N3O/c20-16(18-14-4-2-1-3-5-14)19(15-6-7-15)12-13-8-10-17-11-9-13/h1-5,8-11,15H,6-7,12H2,(H,18,20). The van der Waals surface area contributed by atoms with Crippen LogP contribution in [0.1, 0.15) is 18.4 Å². The van der Waals surface area contributed by atoms with E-state index in [0.717, 1.165) is 24.1 Å². The Hall–Kier alpha value is -2.36. The van der Waals surface area contributed by atoms with Crippen LogP contribution in [0, 0.1) is 0 Å².